The molecule has 5 rings (SSSR count). The first kappa shape index (κ1) is 32.4. The molecule has 2 unspecified atom stereocenters. The summed E-state index contributed by atoms with van der Waals surface area (Å²) in [6, 6.07) is 20.3. The van der Waals surface area contributed by atoms with Gasteiger partial charge in [-0.3, -0.25) is 4.79 Å². The molecule has 0 spiro atoms. The first-order valence-electron chi connectivity index (χ1n) is 16.1. The highest BCUT2D eigenvalue weighted by atomic mass is 16.5. The zero-order chi connectivity index (χ0) is 31.9. The molecule has 8 heteroatoms. The summed E-state index contributed by atoms with van der Waals surface area (Å²) in [6.45, 7) is 11.7. The van der Waals surface area contributed by atoms with Crippen LogP contribution in [0.3, 0.4) is 0 Å². The van der Waals surface area contributed by atoms with Crippen LogP contribution in [0.5, 0.6) is 11.5 Å². The number of methoxy groups -OCH3 is 2. The fourth-order valence-corrected chi connectivity index (χ4v) is 6.28. The van der Waals surface area contributed by atoms with Gasteiger partial charge >= 0.3 is 5.97 Å². The molecule has 2 aromatic carbocycles. The molecule has 1 saturated heterocycles. The Balaban J connectivity index is 1.27. The van der Waals surface area contributed by atoms with Crippen LogP contribution in [0, 0.1) is 18.8 Å². The van der Waals surface area contributed by atoms with Gasteiger partial charge < -0.3 is 29.1 Å². The van der Waals surface area contributed by atoms with Crippen molar-refractivity contribution in [1.82, 2.24) is 4.98 Å². The predicted octanol–water partition coefficient (Wildman–Crippen LogP) is 7.17. The number of aromatic nitrogens is 1. The zero-order valence-corrected chi connectivity index (χ0v) is 27.1. The SMILES string of the molecule is C=C(c1ccc(OC)cc1N1CCC(COc2cccc(C(CC(=O)O)C3CC3)c2)CC1)N(CC(C)OC)c1cccc(C)n1. The maximum Gasteiger partial charge on any atom is 0.303 e. The minimum absolute atomic E-state index is 0.0149. The van der Waals surface area contributed by atoms with E-state index in [1.165, 1.54) is 0 Å². The molecule has 2 aliphatic rings. The maximum atomic E-state index is 11.5. The number of carboxylic acid groups (broad SMARTS) is 1. The highest BCUT2D eigenvalue weighted by molar-refractivity contribution is 5.84. The van der Waals surface area contributed by atoms with Gasteiger partial charge in [-0.25, -0.2) is 4.98 Å². The molecule has 0 bridgehead atoms. The fourth-order valence-electron chi connectivity index (χ4n) is 6.28. The molecule has 0 radical (unpaired) electrons. The minimum atomic E-state index is -0.739. The van der Waals surface area contributed by atoms with E-state index in [1.54, 1.807) is 14.2 Å². The summed E-state index contributed by atoms with van der Waals surface area (Å²) >= 11 is 0. The van der Waals surface area contributed by atoms with Crippen molar-refractivity contribution in [2.75, 3.05) is 50.3 Å². The zero-order valence-electron chi connectivity index (χ0n) is 27.1. The Kier molecular flexibility index (Phi) is 10.7. The van der Waals surface area contributed by atoms with Gasteiger partial charge in [0.05, 0.1) is 32.8 Å². The molecule has 1 aliphatic carbocycles. The molecule has 1 N–H and O–H groups in total. The van der Waals surface area contributed by atoms with E-state index < -0.39 is 5.97 Å². The van der Waals surface area contributed by atoms with Crippen molar-refractivity contribution in [2.24, 2.45) is 11.8 Å². The molecule has 1 saturated carbocycles. The molecular formula is C37H47N3O5. The van der Waals surface area contributed by atoms with Gasteiger partial charge in [-0.15, -0.1) is 0 Å². The molecule has 3 aromatic rings. The van der Waals surface area contributed by atoms with Crippen LogP contribution in [-0.4, -0.2) is 62.6 Å². The average molecular weight is 614 g/mol. The summed E-state index contributed by atoms with van der Waals surface area (Å²) in [5.74, 6) is 2.71. The monoisotopic (exact) mass is 613 g/mol. The summed E-state index contributed by atoms with van der Waals surface area (Å²) < 4.78 is 17.6. The summed E-state index contributed by atoms with van der Waals surface area (Å²) in [5.41, 5.74) is 5.03. The normalized spacial score (nSPS) is 16.6. The number of anilines is 2. The molecule has 2 atom stereocenters. The number of carboxylic acids is 1. The maximum absolute atomic E-state index is 11.5. The molecule has 2 fully saturated rings. The topological polar surface area (TPSA) is 84.4 Å². The second-order valence-corrected chi connectivity index (χ2v) is 12.5. The van der Waals surface area contributed by atoms with E-state index in [0.717, 1.165) is 84.3 Å². The number of carbonyl (C=O) groups is 1. The Labute approximate surface area is 267 Å². The lowest BCUT2D eigenvalue weighted by atomic mass is 9.91. The van der Waals surface area contributed by atoms with E-state index in [0.29, 0.717) is 25.0 Å². The van der Waals surface area contributed by atoms with Crippen LogP contribution in [0.4, 0.5) is 11.5 Å². The number of hydrogen-bond donors (Lipinski definition) is 1. The Hall–Kier alpha value is -4.04. The number of hydrogen-bond acceptors (Lipinski definition) is 7. The third kappa shape index (κ3) is 8.37. The van der Waals surface area contributed by atoms with Crippen LogP contribution in [0.1, 0.15) is 61.8 Å². The Morgan fingerprint density at radius 2 is 1.80 bits per heavy atom. The van der Waals surface area contributed by atoms with Crippen LogP contribution in [-0.2, 0) is 9.53 Å². The molecule has 0 amide bonds. The van der Waals surface area contributed by atoms with Gasteiger partial charge in [-0.05, 0) is 99.2 Å². The predicted molar refractivity (Wildman–Crippen MR) is 179 cm³/mol. The van der Waals surface area contributed by atoms with Crippen LogP contribution >= 0.6 is 0 Å². The first-order chi connectivity index (χ1) is 21.7. The van der Waals surface area contributed by atoms with E-state index >= 15 is 0 Å². The third-order valence-electron chi connectivity index (χ3n) is 9.15. The van der Waals surface area contributed by atoms with Gasteiger partial charge in [0.25, 0.3) is 0 Å². The van der Waals surface area contributed by atoms with Crippen molar-refractivity contribution in [1.29, 1.82) is 0 Å². The molecule has 45 heavy (non-hydrogen) atoms. The molecule has 1 aromatic heterocycles. The standard InChI is InChI=1S/C37H47N3O5/c1-25-8-6-11-36(38-25)40(23-26(2)43-4)27(3)33-15-14-31(44-5)21-35(33)39-18-16-28(17-19-39)24-45-32-10-7-9-30(20-32)34(22-37(41)42)29-12-13-29/h6-11,14-15,20-21,26,28-29,34H,3,12-13,16-19,22-24H2,1-2,4-5H3,(H,41,42). The number of aliphatic carboxylic acids is 1. The quantitative estimate of drug-likeness (QED) is 0.193. The number of ether oxygens (including phenoxy) is 3. The number of aryl methyl sites for hydroxylation is 1. The lowest BCUT2D eigenvalue weighted by Gasteiger charge is -2.36. The van der Waals surface area contributed by atoms with Crippen molar-refractivity contribution < 1.29 is 24.1 Å². The van der Waals surface area contributed by atoms with E-state index in [-0.39, 0.29) is 18.4 Å². The van der Waals surface area contributed by atoms with Crippen LogP contribution < -0.4 is 19.3 Å². The summed E-state index contributed by atoms with van der Waals surface area (Å²) in [6.07, 6.45) is 4.37. The lowest BCUT2D eigenvalue weighted by molar-refractivity contribution is -0.137. The largest absolute Gasteiger partial charge is 0.497 e. The van der Waals surface area contributed by atoms with Crippen molar-refractivity contribution >= 4 is 23.2 Å². The number of rotatable bonds is 15. The second-order valence-electron chi connectivity index (χ2n) is 12.5. The van der Waals surface area contributed by atoms with Gasteiger partial charge in [0.2, 0.25) is 0 Å². The third-order valence-corrected chi connectivity index (χ3v) is 9.15. The van der Waals surface area contributed by atoms with E-state index in [2.05, 4.69) is 41.5 Å². The van der Waals surface area contributed by atoms with Gasteiger partial charge in [-0.1, -0.05) is 24.8 Å². The van der Waals surface area contributed by atoms with Crippen LogP contribution in [0.15, 0.2) is 67.2 Å². The lowest BCUT2D eigenvalue weighted by Crippen LogP contribution is -2.37. The van der Waals surface area contributed by atoms with Gasteiger partial charge in [-0.2, -0.15) is 0 Å². The molecule has 2 heterocycles. The van der Waals surface area contributed by atoms with Crippen molar-refractivity contribution in [3.63, 3.8) is 0 Å². The van der Waals surface area contributed by atoms with Gasteiger partial charge in [0.15, 0.2) is 0 Å². The minimum Gasteiger partial charge on any atom is -0.497 e. The van der Waals surface area contributed by atoms with Crippen molar-refractivity contribution in [3.05, 3.63) is 84.1 Å². The summed E-state index contributed by atoms with van der Waals surface area (Å²) in [5, 5.41) is 9.42. The summed E-state index contributed by atoms with van der Waals surface area (Å²) in [4.78, 5) is 20.8. The second kappa shape index (κ2) is 14.8. The van der Waals surface area contributed by atoms with Crippen molar-refractivity contribution in [2.45, 2.75) is 58.0 Å². The number of pyridine rings is 1. The number of piperidine rings is 1. The Morgan fingerprint density at radius 1 is 1.04 bits per heavy atom. The average Bonchev–Trinajstić information content (AvgIpc) is 3.90. The highest BCUT2D eigenvalue weighted by Crippen LogP contribution is 2.45. The van der Waals surface area contributed by atoms with Crippen LogP contribution in [0.2, 0.25) is 0 Å². The van der Waals surface area contributed by atoms with E-state index in [9.17, 15) is 9.90 Å². The fraction of sp³-hybridized carbons (Fsp3) is 0.459. The Bertz CT molecular complexity index is 1460. The molecule has 240 valence electrons. The molecule has 8 nitrogen and oxygen atoms in total. The van der Waals surface area contributed by atoms with Gasteiger partial charge in [0.1, 0.15) is 17.3 Å². The highest BCUT2D eigenvalue weighted by Gasteiger charge is 2.34. The number of benzene rings is 2. The van der Waals surface area contributed by atoms with Crippen LogP contribution in [0.25, 0.3) is 5.70 Å². The van der Waals surface area contributed by atoms with E-state index in [1.807, 2.05) is 49.4 Å². The smallest absolute Gasteiger partial charge is 0.303 e. The van der Waals surface area contributed by atoms with Gasteiger partial charge in [0, 0.05) is 48.9 Å². The molecular weight excluding hydrogens is 566 g/mol. The van der Waals surface area contributed by atoms with Crippen molar-refractivity contribution in [3.8, 4) is 11.5 Å². The molecule has 1 aliphatic heterocycles. The first-order valence-corrected chi connectivity index (χ1v) is 16.1. The Morgan fingerprint density at radius 3 is 2.47 bits per heavy atom. The summed E-state index contributed by atoms with van der Waals surface area (Å²) in [7, 11) is 3.42. The number of nitrogens with zero attached hydrogens (tertiary/aromatic N) is 3. The van der Waals surface area contributed by atoms with E-state index in [4.69, 9.17) is 19.2 Å².